The van der Waals surface area contributed by atoms with Gasteiger partial charge in [0, 0.05) is 31.7 Å². The number of nitrogens with zero attached hydrogens (tertiary/aromatic N) is 7. The van der Waals surface area contributed by atoms with Crippen LogP contribution in [-0.2, 0) is 9.47 Å². The lowest BCUT2D eigenvalue weighted by Gasteiger charge is -2.30. The summed E-state index contributed by atoms with van der Waals surface area (Å²) in [4.78, 5) is 23.0. The third-order valence-electron chi connectivity index (χ3n) is 4.91. The number of benzene rings is 1. The van der Waals surface area contributed by atoms with Crippen molar-refractivity contribution in [3.8, 4) is 17.6 Å². The van der Waals surface area contributed by atoms with Crippen LogP contribution >= 0.6 is 11.8 Å². The zero-order valence-corrected chi connectivity index (χ0v) is 18.1. The maximum atomic E-state index is 8.80. The Morgan fingerprint density at radius 2 is 1.52 bits per heavy atom. The number of aliphatic imine (C=N–C) groups is 1. The molecule has 1 N–H and O–H groups in total. The summed E-state index contributed by atoms with van der Waals surface area (Å²) in [5.41, 5.74) is 1.62. The molecule has 0 radical (unpaired) electrons. The standard InChI is InChI=1S/C20H24N8O2S/c1-31-20(22-14-21)23-16-4-2-15(3-5-16)17-24-18(27-6-10-29-11-7-27)26-19(25-17)28-8-12-30-13-9-28/h2-5H,6-13H2,1H3,(H,22,23). The van der Waals surface area contributed by atoms with E-state index in [0.717, 1.165) is 37.4 Å². The van der Waals surface area contributed by atoms with Gasteiger partial charge in [0.15, 0.2) is 17.2 Å². The SMILES string of the molecule is CSC(=Nc1ccc(-c2nc(N3CCOCC3)nc(N3CCOCC3)n2)cc1)NC#N. The molecule has 2 aliphatic rings. The van der Waals surface area contributed by atoms with Crippen LogP contribution in [0.5, 0.6) is 0 Å². The van der Waals surface area contributed by atoms with Crippen molar-refractivity contribution in [2.24, 2.45) is 4.99 Å². The van der Waals surface area contributed by atoms with Gasteiger partial charge in [-0.05, 0) is 30.5 Å². The number of thioether (sulfide) groups is 1. The lowest BCUT2D eigenvalue weighted by Crippen LogP contribution is -2.40. The van der Waals surface area contributed by atoms with E-state index in [1.165, 1.54) is 11.8 Å². The second kappa shape index (κ2) is 10.4. The van der Waals surface area contributed by atoms with E-state index in [0.29, 0.717) is 49.3 Å². The normalized spacial score (nSPS) is 17.4. The van der Waals surface area contributed by atoms with Crippen molar-refractivity contribution in [1.29, 1.82) is 5.26 Å². The number of nitrogens with one attached hydrogen (secondary N) is 1. The number of nitriles is 1. The zero-order chi connectivity index (χ0) is 21.5. The molecule has 10 nitrogen and oxygen atoms in total. The number of aromatic nitrogens is 3. The smallest absolute Gasteiger partial charge is 0.230 e. The van der Waals surface area contributed by atoms with Gasteiger partial charge in [0.05, 0.1) is 32.1 Å². The number of morpholine rings is 2. The first kappa shape index (κ1) is 21.3. The van der Waals surface area contributed by atoms with E-state index < -0.39 is 0 Å². The molecule has 0 atom stereocenters. The van der Waals surface area contributed by atoms with Crippen LogP contribution in [0.15, 0.2) is 29.3 Å². The van der Waals surface area contributed by atoms with Crippen LogP contribution in [-0.4, -0.2) is 79.0 Å². The largest absolute Gasteiger partial charge is 0.378 e. The molecule has 4 rings (SSSR count). The van der Waals surface area contributed by atoms with Crippen molar-refractivity contribution in [3.05, 3.63) is 24.3 Å². The first-order valence-corrected chi connectivity index (χ1v) is 11.3. The summed E-state index contributed by atoms with van der Waals surface area (Å²) >= 11 is 1.38. The van der Waals surface area contributed by atoms with Gasteiger partial charge in [0.1, 0.15) is 0 Å². The molecule has 2 saturated heterocycles. The van der Waals surface area contributed by atoms with Crippen LogP contribution < -0.4 is 15.1 Å². The van der Waals surface area contributed by atoms with Gasteiger partial charge >= 0.3 is 0 Å². The number of anilines is 2. The molecule has 0 spiro atoms. The Labute approximate surface area is 185 Å². The zero-order valence-electron chi connectivity index (χ0n) is 17.3. The first-order chi connectivity index (χ1) is 15.3. The van der Waals surface area contributed by atoms with Gasteiger partial charge in [-0.15, -0.1) is 0 Å². The van der Waals surface area contributed by atoms with E-state index in [1.807, 2.05) is 36.7 Å². The first-order valence-electron chi connectivity index (χ1n) is 10.1. The lowest BCUT2D eigenvalue weighted by molar-refractivity contribution is 0.121. The third-order valence-corrected chi connectivity index (χ3v) is 5.49. The highest BCUT2D eigenvalue weighted by atomic mass is 32.2. The highest BCUT2D eigenvalue weighted by Gasteiger charge is 2.21. The summed E-state index contributed by atoms with van der Waals surface area (Å²) in [6.45, 7) is 5.66. The van der Waals surface area contributed by atoms with E-state index in [-0.39, 0.29) is 0 Å². The highest BCUT2D eigenvalue weighted by Crippen LogP contribution is 2.25. The summed E-state index contributed by atoms with van der Waals surface area (Å²) in [5.74, 6) is 1.95. The molecule has 0 amide bonds. The average molecular weight is 441 g/mol. The fourth-order valence-electron chi connectivity index (χ4n) is 3.27. The Morgan fingerprint density at radius 1 is 0.968 bits per heavy atom. The van der Waals surface area contributed by atoms with Gasteiger partial charge in [-0.2, -0.15) is 20.2 Å². The van der Waals surface area contributed by atoms with Gasteiger partial charge in [-0.25, -0.2) is 4.99 Å². The van der Waals surface area contributed by atoms with Crippen LogP contribution in [0.25, 0.3) is 11.4 Å². The topological polar surface area (TPSA) is 112 Å². The third kappa shape index (κ3) is 5.41. The molecule has 11 heteroatoms. The van der Waals surface area contributed by atoms with Crippen LogP contribution in [0, 0.1) is 11.5 Å². The van der Waals surface area contributed by atoms with Gasteiger partial charge in [-0.3, -0.25) is 5.32 Å². The number of rotatable bonds is 4. The average Bonchev–Trinajstić information content (AvgIpc) is 2.85. The molecule has 31 heavy (non-hydrogen) atoms. The molecule has 2 aliphatic heterocycles. The maximum Gasteiger partial charge on any atom is 0.230 e. The Balaban J connectivity index is 1.65. The Hall–Kier alpha value is -2.94. The van der Waals surface area contributed by atoms with Crippen molar-refractivity contribution in [2.75, 3.05) is 68.7 Å². The molecule has 0 bridgehead atoms. The minimum absolute atomic E-state index is 0.541. The molecular weight excluding hydrogens is 416 g/mol. The molecule has 1 aromatic carbocycles. The Bertz CT molecular complexity index is 914. The minimum Gasteiger partial charge on any atom is -0.378 e. The molecule has 1 aromatic heterocycles. The summed E-state index contributed by atoms with van der Waals surface area (Å²) < 4.78 is 10.9. The van der Waals surface area contributed by atoms with Gasteiger partial charge in [0.25, 0.3) is 0 Å². The quantitative estimate of drug-likeness (QED) is 0.326. The van der Waals surface area contributed by atoms with E-state index >= 15 is 0 Å². The van der Waals surface area contributed by atoms with Crippen molar-refractivity contribution in [2.45, 2.75) is 0 Å². The second-order valence-corrected chi connectivity index (χ2v) is 7.66. The van der Waals surface area contributed by atoms with E-state index in [4.69, 9.17) is 29.7 Å². The molecular formula is C20H24N8O2S. The second-order valence-electron chi connectivity index (χ2n) is 6.86. The maximum absolute atomic E-state index is 8.80. The van der Waals surface area contributed by atoms with Gasteiger partial charge in [0.2, 0.25) is 11.9 Å². The molecule has 0 saturated carbocycles. The summed E-state index contributed by atoms with van der Waals surface area (Å²) in [5, 5.41) is 11.9. The minimum atomic E-state index is 0.541. The van der Waals surface area contributed by atoms with E-state index in [9.17, 15) is 0 Å². The van der Waals surface area contributed by atoms with Crippen molar-refractivity contribution in [1.82, 2.24) is 20.3 Å². The molecule has 3 heterocycles. The summed E-state index contributed by atoms with van der Waals surface area (Å²) in [7, 11) is 0. The van der Waals surface area contributed by atoms with E-state index in [2.05, 4.69) is 20.1 Å². The van der Waals surface area contributed by atoms with Gasteiger partial charge < -0.3 is 19.3 Å². The Kier molecular flexibility index (Phi) is 7.14. The molecule has 0 unspecified atom stereocenters. The number of amidine groups is 1. The van der Waals surface area contributed by atoms with Crippen molar-refractivity contribution < 1.29 is 9.47 Å². The molecule has 0 aliphatic carbocycles. The number of hydrogen-bond acceptors (Lipinski definition) is 10. The number of ether oxygens (including phenoxy) is 2. The van der Waals surface area contributed by atoms with Crippen LogP contribution in [0.3, 0.4) is 0 Å². The van der Waals surface area contributed by atoms with Crippen LogP contribution in [0.2, 0.25) is 0 Å². The highest BCUT2D eigenvalue weighted by molar-refractivity contribution is 8.13. The Morgan fingerprint density at radius 3 is 2.00 bits per heavy atom. The van der Waals surface area contributed by atoms with E-state index in [1.54, 1.807) is 0 Å². The van der Waals surface area contributed by atoms with Crippen molar-refractivity contribution in [3.63, 3.8) is 0 Å². The van der Waals surface area contributed by atoms with Crippen molar-refractivity contribution >= 4 is 34.5 Å². The summed E-state index contributed by atoms with van der Waals surface area (Å²) in [6, 6.07) is 7.64. The monoisotopic (exact) mass is 440 g/mol. The van der Waals surface area contributed by atoms with Crippen LogP contribution in [0.4, 0.5) is 17.6 Å². The summed E-state index contributed by atoms with van der Waals surface area (Å²) in [6.07, 6.45) is 3.76. The fraction of sp³-hybridized carbons (Fsp3) is 0.450. The fourth-order valence-corrected chi connectivity index (χ4v) is 3.61. The lowest BCUT2D eigenvalue weighted by atomic mass is 10.2. The molecule has 2 aromatic rings. The molecule has 162 valence electrons. The number of hydrogen-bond donors (Lipinski definition) is 1. The van der Waals surface area contributed by atoms with Crippen LogP contribution in [0.1, 0.15) is 0 Å². The predicted molar refractivity (Wildman–Crippen MR) is 121 cm³/mol. The molecule has 2 fully saturated rings. The predicted octanol–water partition coefficient (Wildman–Crippen LogP) is 1.63. The van der Waals surface area contributed by atoms with Gasteiger partial charge in [-0.1, -0.05) is 11.8 Å².